The molecule has 0 fully saturated rings. The fraction of sp³-hybridized carbons (Fsp3) is 0.455. The highest BCUT2D eigenvalue weighted by Crippen LogP contribution is 2.46. The highest BCUT2D eigenvalue weighted by molar-refractivity contribution is 7.57. The van der Waals surface area contributed by atoms with E-state index in [-0.39, 0.29) is 0 Å². The monoisotopic (exact) mass is 243 g/mol. The Labute approximate surface area is 96.2 Å². The van der Waals surface area contributed by atoms with Gasteiger partial charge in [-0.1, -0.05) is 6.07 Å². The molecule has 0 heterocycles. The average Bonchev–Trinajstić information content (AvgIpc) is 2.20. The molecule has 4 nitrogen and oxygen atoms in total. The molecule has 0 aliphatic heterocycles. The summed E-state index contributed by atoms with van der Waals surface area (Å²) < 4.78 is 22.3. The maximum atomic E-state index is 12.0. The second-order valence-electron chi connectivity index (χ2n) is 3.67. The van der Waals surface area contributed by atoms with Crippen molar-refractivity contribution < 1.29 is 13.8 Å². The third-order valence-corrected chi connectivity index (χ3v) is 3.91. The number of hydrogen-bond acceptors (Lipinski definition) is 4. The Bertz CT molecular complexity index is 406. The molecule has 0 aliphatic rings. The molecule has 1 atom stereocenters. The summed E-state index contributed by atoms with van der Waals surface area (Å²) in [6, 6.07) is 5.39. The van der Waals surface area contributed by atoms with Crippen molar-refractivity contribution in [3.63, 3.8) is 0 Å². The molecule has 1 unspecified atom stereocenters. The summed E-state index contributed by atoms with van der Waals surface area (Å²) in [6.07, 6.45) is 0.400. The number of methoxy groups -OCH3 is 1. The lowest BCUT2D eigenvalue weighted by molar-refractivity contribution is 0.336. The van der Waals surface area contributed by atoms with E-state index in [0.717, 1.165) is 5.56 Å². The first-order chi connectivity index (χ1) is 7.48. The van der Waals surface area contributed by atoms with Crippen molar-refractivity contribution in [2.24, 2.45) is 0 Å². The number of hydrogen-bond donors (Lipinski definition) is 1. The van der Waals surface area contributed by atoms with Crippen LogP contribution >= 0.6 is 7.37 Å². The zero-order valence-electron chi connectivity index (χ0n) is 9.90. The first-order valence-corrected chi connectivity index (χ1v) is 7.37. The molecule has 0 saturated carbocycles. The van der Waals surface area contributed by atoms with Gasteiger partial charge in [-0.2, -0.15) is 0 Å². The number of anilines is 1. The minimum absolute atomic E-state index is 0.400. The molecule has 0 aliphatic carbocycles. The third-order valence-electron chi connectivity index (χ3n) is 2.17. The van der Waals surface area contributed by atoms with Gasteiger partial charge >= 0.3 is 0 Å². The highest BCUT2D eigenvalue weighted by atomic mass is 31.2. The van der Waals surface area contributed by atoms with Crippen molar-refractivity contribution in [2.75, 3.05) is 26.1 Å². The van der Waals surface area contributed by atoms with Gasteiger partial charge in [0.05, 0.1) is 19.4 Å². The summed E-state index contributed by atoms with van der Waals surface area (Å²) in [5, 5.41) is 0. The van der Waals surface area contributed by atoms with Gasteiger partial charge < -0.3 is 15.0 Å². The van der Waals surface area contributed by atoms with Crippen LogP contribution in [0.5, 0.6) is 5.75 Å². The maximum Gasteiger partial charge on any atom is 0.204 e. The predicted octanol–water partition coefficient (Wildman–Crippen LogP) is 2.72. The topological polar surface area (TPSA) is 61.5 Å². The lowest BCUT2D eigenvalue weighted by atomic mass is 10.2. The van der Waals surface area contributed by atoms with E-state index in [4.69, 9.17) is 15.0 Å². The van der Waals surface area contributed by atoms with Gasteiger partial charge in [-0.25, -0.2) is 0 Å². The number of nitrogen functional groups attached to an aromatic ring is 1. The lowest BCUT2D eigenvalue weighted by Gasteiger charge is -2.13. The van der Waals surface area contributed by atoms with E-state index in [1.807, 2.05) is 13.0 Å². The Morgan fingerprint density at radius 1 is 1.44 bits per heavy atom. The Morgan fingerprint density at radius 2 is 2.12 bits per heavy atom. The first kappa shape index (κ1) is 13.1. The summed E-state index contributed by atoms with van der Waals surface area (Å²) in [7, 11) is -0.997. The molecule has 0 bridgehead atoms. The molecular formula is C11H18NO3P. The molecule has 0 amide bonds. The molecule has 1 rings (SSSR count). The molecule has 0 saturated heterocycles. The molecule has 1 aromatic carbocycles. The van der Waals surface area contributed by atoms with Gasteiger partial charge in [0.2, 0.25) is 7.37 Å². The van der Waals surface area contributed by atoms with Gasteiger partial charge in [0, 0.05) is 12.8 Å². The lowest BCUT2D eigenvalue weighted by Crippen LogP contribution is -1.96. The highest BCUT2D eigenvalue weighted by Gasteiger charge is 2.16. The number of ether oxygens (including phenoxy) is 1. The largest absolute Gasteiger partial charge is 0.495 e. The zero-order chi connectivity index (χ0) is 12.2. The molecule has 0 aromatic heterocycles. The Hall–Kier alpha value is -0.990. The van der Waals surface area contributed by atoms with E-state index in [0.29, 0.717) is 24.2 Å². The average molecular weight is 243 g/mol. The van der Waals surface area contributed by atoms with Gasteiger partial charge in [-0.05, 0) is 24.6 Å². The van der Waals surface area contributed by atoms with E-state index in [1.165, 1.54) is 0 Å². The standard InChI is InChI=1S/C11H18NO3P/c1-4-15-16(3,13)8-9-5-6-10(12)11(7-9)14-2/h5-7H,4,8,12H2,1-3H3. The van der Waals surface area contributed by atoms with Crippen LogP contribution in [-0.2, 0) is 15.3 Å². The third kappa shape index (κ3) is 3.54. The van der Waals surface area contributed by atoms with E-state index in [9.17, 15) is 4.57 Å². The molecule has 90 valence electrons. The van der Waals surface area contributed by atoms with Gasteiger partial charge in [-0.3, -0.25) is 4.57 Å². The number of rotatable bonds is 5. The summed E-state index contributed by atoms with van der Waals surface area (Å²) in [6.45, 7) is 3.93. The smallest absolute Gasteiger partial charge is 0.204 e. The Morgan fingerprint density at radius 3 is 2.69 bits per heavy atom. The SMILES string of the molecule is CCOP(C)(=O)Cc1ccc(N)c(OC)c1. The normalized spacial score (nSPS) is 14.4. The van der Waals surface area contributed by atoms with Crippen LogP contribution in [0.3, 0.4) is 0 Å². The van der Waals surface area contributed by atoms with E-state index >= 15 is 0 Å². The minimum atomic E-state index is -2.56. The van der Waals surface area contributed by atoms with Crippen LogP contribution in [0.25, 0.3) is 0 Å². The van der Waals surface area contributed by atoms with Crippen LogP contribution in [0.15, 0.2) is 18.2 Å². The second-order valence-corrected chi connectivity index (χ2v) is 6.27. The second kappa shape index (κ2) is 5.37. The van der Waals surface area contributed by atoms with E-state index in [1.54, 1.807) is 25.9 Å². The van der Waals surface area contributed by atoms with Crippen LogP contribution in [-0.4, -0.2) is 20.4 Å². The van der Waals surface area contributed by atoms with Gasteiger partial charge in [0.15, 0.2) is 0 Å². The molecule has 16 heavy (non-hydrogen) atoms. The molecular weight excluding hydrogens is 225 g/mol. The fourth-order valence-electron chi connectivity index (χ4n) is 1.50. The predicted molar refractivity (Wildman–Crippen MR) is 66.3 cm³/mol. The van der Waals surface area contributed by atoms with Crippen molar-refractivity contribution in [3.8, 4) is 5.75 Å². The van der Waals surface area contributed by atoms with Crippen molar-refractivity contribution in [3.05, 3.63) is 23.8 Å². The van der Waals surface area contributed by atoms with Crippen molar-refractivity contribution >= 4 is 13.1 Å². The summed E-state index contributed by atoms with van der Waals surface area (Å²) in [5.41, 5.74) is 7.18. The van der Waals surface area contributed by atoms with Crippen LogP contribution in [0, 0.1) is 0 Å². The van der Waals surface area contributed by atoms with E-state index in [2.05, 4.69) is 0 Å². The number of nitrogens with two attached hydrogens (primary N) is 1. The summed E-state index contributed by atoms with van der Waals surface area (Å²) >= 11 is 0. The Balaban J connectivity index is 2.86. The van der Waals surface area contributed by atoms with Crippen molar-refractivity contribution in [1.29, 1.82) is 0 Å². The molecule has 0 radical (unpaired) electrons. The molecule has 0 spiro atoms. The van der Waals surface area contributed by atoms with Crippen LogP contribution < -0.4 is 10.5 Å². The first-order valence-electron chi connectivity index (χ1n) is 5.12. The minimum Gasteiger partial charge on any atom is -0.495 e. The van der Waals surface area contributed by atoms with Crippen LogP contribution in [0.1, 0.15) is 12.5 Å². The zero-order valence-corrected chi connectivity index (χ0v) is 10.8. The van der Waals surface area contributed by atoms with Gasteiger partial charge in [0.1, 0.15) is 5.75 Å². The van der Waals surface area contributed by atoms with Crippen LogP contribution in [0.4, 0.5) is 5.69 Å². The molecule has 1 aromatic rings. The molecule has 2 N–H and O–H groups in total. The fourth-order valence-corrected chi connectivity index (χ4v) is 3.00. The maximum absolute atomic E-state index is 12.0. The molecule has 5 heteroatoms. The van der Waals surface area contributed by atoms with Crippen molar-refractivity contribution in [1.82, 2.24) is 0 Å². The van der Waals surface area contributed by atoms with Gasteiger partial charge in [-0.15, -0.1) is 0 Å². The summed E-state index contributed by atoms with van der Waals surface area (Å²) in [5.74, 6) is 0.606. The quantitative estimate of drug-likeness (QED) is 0.638. The Kier molecular flexibility index (Phi) is 4.39. The summed E-state index contributed by atoms with van der Waals surface area (Å²) in [4.78, 5) is 0. The van der Waals surface area contributed by atoms with Crippen molar-refractivity contribution in [2.45, 2.75) is 13.1 Å². The van der Waals surface area contributed by atoms with Crippen LogP contribution in [0.2, 0.25) is 0 Å². The number of benzene rings is 1. The van der Waals surface area contributed by atoms with Gasteiger partial charge in [0.25, 0.3) is 0 Å². The van der Waals surface area contributed by atoms with E-state index < -0.39 is 7.37 Å².